The van der Waals surface area contributed by atoms with Crippen LogP contribution in [0.3, 0.4) is 0 Å². The lowest BCUT2D eigenvalue weighted by atomic mass is 9.86. The summed E-state index contributed by atoms with van der Waals surface area (Å²) in [5, 5.41) is 0. The van der Waals surface area contributed by atoms with E-state index in [1.54, 1.807) is 6.20 Å². The second-order valence-electron chi connectivity index (χ2n) is 4.64. The third-order valence-corrected chi connectivity index (χ3v) is 3.73. The van der Waals surface area contributed by atoms with Crippen molar-refractivity contribution in [2.75, 3.05) is 13.2 Å². The molecule has 2 saturated heterocycles. The summed E-state index contributed by atoms with van der Waals surface area (Å²) >= 11 is 0. The summed E-state index contributed by atoms with van der Waals surface area (Å²) in [5.41, 5.74) is 0.809. The Hall–Kier alpha value is -1.13. The molecule has 0 aromatic carbocycles. The zero-order chi connectivity index (χ0) is 10.6. The molecule has 84 valence electrons. The van der Waals surface area contributed by atoms with Crippen LogP contribution in [0.4, 0.5) is 0 Å². The van der Waals surface area contributed by atoms with E-state index in [4.69, 9.17) is 14.2 Å². The molecule has 2 atom stereocenters. The van der Waals surface area contributed by atoms with Gasteiger partial charge in [0.1, 0.15) is 29.3 Å². The minimum Gasteiger partial charge on any atom is -0.482 e. The summed E-state index contributed by atoms with van der Waals surface area (Å²) in [4.78, 5) is 4.34. The first kappa shape index (κ1) is 8.96. The highest BCUT2D eigenvalue weighted by atomic mass is 16.6. The Kier molecular flexibility index (Phi) is 1.66. The maximum absolute atomic E-state index is 6.15. The Morgan fingerprint density at radius 2 is 2.19 bits per heavy atom. The number of pyridine rings is 1. The van der Waals surface area contributed by atoms with Crippen LogP contribution in [0.1, 0.15) is 24.6 Å². The van der Waals surface area contributed by atoms with Crippen molar-refractivity contribution < 1.29 is 14.2 Å². The molecule has 4 heteroatoms. The van der Waals surface area contributed by atoms with E-state index in [1.165, 1.54) is 0 Å². The van der Waals surface area contributed by atoms with E-state index in [-0.39, 0.29) is 17.8 Å². The first-order valence-electron chi connectivity index (χ1n) is 5.76. The van der Waals surface area contributed by atoms with Crippen molar-refractivity contribution in [3.8, 4) is 5.75 Å². The van der Waals surface area contributed by atoms with E-state index >= 15 is 0 Å². The molecule has 2 fully saturated rings. The van der Waals surface area contributed by atoms with Crippen LogP contribution in [-0.2, 0) is 9.47 Å². The van der Waals surface area contributed by atoms with Gasteiger partial charge in [-0.1, -0.05) is 0 Å². The fourth-order valence-corrected chi connectivity index (χ4v) is 2.80. The Morgan fingerprint density at radius 3 is 3.06 bits per heavy atom. The molecule has 0 radical (unpaired) electrons. The summed E-state index contributed by atoms with van der Waals surface area (Å²) in [5.74, 6) is 0.892. The van der Waals surface area contributed by atoms with E-state index < -0.39 is 0 Å². The molecule has 2 unspecified atom stereocenters. The highest BCUT2D eigenvalue weighted by Gasteiger charge is 2.62. The maximum Gasteiger partial charge on any atom is 0.144 e. The largest absolute Gasteiger partial charge is 0.482 e. The lowest BCUT2D eigenvalue weighted by Gasteiger charge is -2.38. The van der Waals surface area contributed by atoms with Crippen LogP contribution < -0.4 is 4.74 Å². The molecular formula is C12H13NO3. The molecule has 1 spiro atoms. The number of fused-ring (bicyclic) bond motifs is 4. The average molecular weight is 219 g/mol. The first-order chi connectivity index (χ1) is 7.89. The van der Waals surface area contributed by atoms with Gasteiger partial charge in [0.05, 0.1) is 13.2 Å². The monoisotopic (exact) mass is 219 g/mol. The molecule has 0 saturated carbocycles. The second kappa shape index (κ2) is 2.96. The number of hydrogen-bond acceptors (Lipinski definition) is 4. The lowest BCUT2D eigenvalue weighted by Crippen LogP contribution is -2.48. The summed E-state index contributed by atoms with van der Waals surface area (Å²) in [6.45, 7) is 1.53. The molecule has 0 aliphatic carbocycles. The third-order valence-electron chi connectivity index (χ3n) is 3.73. The van der Waals surface area contributed by atoms with E-state index in [9.17, 15) is 0 Å². The van der Waals surface area contributed by atoms with Crippen molar-refractivity contribution in [3.05, 3.63) is 24.0 Å². The van der Waals surface area contributed by atoms with Gasteiger partial charge in [-0.05, 0) is 12.1 Å². The third kappa shape index (κ3) is 1.09. The van der Waals surface area contributed by atoms with Crippen LogP contribution >= 0.6 is 0 Å². The van der Waals surface area contributed by atoms with Crippen LogP contribution in [0.2, 0.25) is 0 Å². The number of rotatable bonds is 0. The van der Waals surface area contributed by atoms with Gasteiger partial charge in [0, 0.05) is 19.0 Å². The summed E-state index contributed by atoms with van der Waals surface area (Å²) in [6, 6.07) is 3.89. The number of nitrogens with zero attached hydrogens (tertiary/aromatic N) is 1. The topological polar surface area (TPSA) is 43.9 Å². The highest BCUT2D eigenvalue weighted by molar-refractivity contribution is 5.37. The van der Waals surface area contributed by atoms with Crippen molar-refractivity contribution in [1.29, 1.82) is 0 Å². The molecule has 1 aromatic rings. The van der Waals surface area contributed by atoms with Gasteiger partial charge in [0.15, 0.2) is 0 Å². The van der Waals surface area contributed by atoms with Crippen LogP contribution in [0, 0.1) is 0 Å². The highest BCUT2D eigenvalue weighted by Crippen LogP contribution is 2.55. The predicted molar refractivity (Wildman–Crippen MR) is 55.3 cm³/mol. The number of epoxide rings is 1. The van der Waals surface area contributed by atoms with Gasteiger partial charge in [0.25, 0.3) is 0 Å². The molecule has 3 aliphatic heterocycles. The van der Waals surface area contributed by atoms with Crippen LogP contribution in [-0.4, -0.2) is 29.9 Å². The minimum absolute atomic E-state index is 0.154. The first-order valence-corrected chi connectivity index (χ1v) is 5.76. The quantitative estimate of drug-likeness (QED) is 0.620. The van der Waals surface area contributed by atoms with Crippen LogP contribution in [0.15, 0.2) is 18.3 Å². The maximum atomic E-state index is 6.15. The van der Waals surface area contributed by atoms with Crippen LogP contribution in [0.5, 0.6) is 5.75 Å². The van der Waals surface area contributed by atoms with Crippen LogP contribution in [0.25, 0.3) is 0 Å². The Bertz CT molecular complexity index is 428. The number of aromatic nitrogens is 1. The molecule has 4 heterocycles. The summed E-state index contributed by atoms with van der Waals surface area (Å²) in [6.07, 6.45) is 3.98. The zero-order valence-corrected chi connectivity index (χ0v) is 8.89. The van der Waals surface area contributed by atoms with Crippen molar-refractivity contribution >= 4 is 0 Å². The van der Waals surface area contributed by atoms with Gasteiger partial charge in [-0.2, -0.15) is 0 Å². The summed E-state index contributed by atoms with van der Waals surface area (Å²) < 4.78 is 17.3. The van der Waals surface area contributed by atoms with Gasteiger partial charge >= 0.3 is 0 Å². The van der Waals surface area contributed by atoms with Crippen molar-refractivity contribution in [2.24, 2.45) is 0 Å². The Morgan fingerprint density at radius 1 is 1.31 bits per heavy atom. The average Bonchev–Trinajstić information content (AvgIpc) is 3.12. The molecular weight excluding hydrogens is 206 g/mol. The van der Waals surface area contributed by atoms with Crippen molar-refractivity contribution in [3.63, 3.8) is 0 Å². The normalized spacial score (nSPS) is 33.8. The van der Waals surface area contributed by atoms with E-state index in [0.29, 0.717) is 0 Å². The molecule has 0 bridgehead atoms. The Labute approximate surface area is 93.5 Å². The molecule has 3 aliphatic rings. The van der Waals surface area contributed by atoms with E-state index in [1.807, 2.05) is 12.1 Å². The molecule has 4 nitrogen and oxygen atoms in total. The van der Waals surface area contributed by atoms with Gasteiger partial charge in [0.2, 0.25) is 0 Å². The predicted octanol–water partition coefficient (Wildman–Crippen LogP) is 1.46. The van der Waals surface area contributed by atoms with Gasteiger partial charge < -0.3 is 14.2 Å². The smallest absolute Gasteiger partial charge is 0.144 e. The molecule has 4 rings (SSSR count). The fourth-order valence-electron chi connectivity index (χ4n) is 2.80. The molecule has 0 amide bonds. The van der Waals surface area contributed by atoms with Gasteiger partial charge in [-0.15, -0.1) is 0 Å². The summed E-state index contributed by atoms with van der Waals surface area (Å²) in [7, 11) is 0. The standard InChI is InChI=1S/C12H13NO3/c1-2-8-9(13-5-1)10-11(15-10)12(16-8)3-6-14-7-4-12/h1-2,5,10-11H,3-4,6-7H2. The van der Waals surface area contributed by atoms with Gasteiger partial charge in [-0.25, -0.2) is 0 Å². The van der Waals surface area contributed by atoms with Gasteiger partial charge in [-0.3, -0.25) is 4.98 Å². The SMILES string of the molecule is c1cnc2c(c1)OC1(CCOCC1)C1OC21. The van der Waals surface area contributed by atoms with E-state index in [0.717, 1.165) is 37.5 Å². The minimum atomic E-state index is -0.154. The molecule has 16 heavy (non-hydrogen) atoms. The zero-order valence-electron chi connectivity index (χ0n) is 8.89. The lowest BCUT2D eigenvalue weighted by molar-refractivity contribution is -0.0629. The molecule has 0 N–H and O–H groups in total. The number of ether oxygens (including phenoxy) is 3. The molecule has 1 aromatic heterocycles. The van der Waals surface area contributed by atoms with E-state index in [2.05, 4.69) is 4.98 Å². The van der Waals surface area contributed by atoms with Crippen molar-refractivity contribution in [2.45, 2.75) is 30.7 Å². The fraction of sp³-hybridized carbons (Fsp3) is 0.583. The Balaban J connectivity index is 1.75. The second-order valence-corrected chi connectivity index (χ2v) is 4.64. The van der Waals surface area contributed by atoms with Crippen molar-refractivity contribution in [1.82, 2.24) is 4.98 Å². The number of hydrogen-bond donors (Lipinski definition) is 0.